The maximum Gasteiger partial charge on any atom is 0.413 e. The van der Waals surface area contributed by atoms with Crippen LogP contribution in [0.3, 0.4) is 0 Å². The molecule has 1 fully saturated rings. The molecular formula is C27H27N5O6. The van der Waals surface area contributed by atoms with Gasteiger partial charge >= 0.3 is 6.09 Å². The summed E-state index contributed by atoms with van der Waals surface area (Å²) in [4.78, 5) is 36.1. The molecule has 11 nitrogen and oxygen atoms in total. The number of hydrogen-bond donors (Lipinski definition) is 2. The highest BCUT2D eigenvalue weighted by atomic mass is 16.7. The minimum Gasteiger partial charge on any atom is -0.470 e. The molecule has 38 heavy (non-hydrogen) atoms. The first kappa shape index (κ1) is 23.8. The Balaban J connectivity index is 1.23. The Morgan fingerprint density at radius 3 is 3.00 bits per heavy atom. The Hall–Kier alpha value is -4.54. The molecule has 0 aliphatic carbocycles. The van der Waals surface area contributed by atoms with Crippen molar-refractivity contribution in [2.45, 2.75) is 38.3 Å². The van der Waals surface area contributed by atoms with E-state index >= 15 is 0 Å². The maximum atomic E-state index is 12.7. The predicted octanol–water partition coefficient (Wildman–Crippen LogP) is 3.24. The molecule has 2 aromatic carbocycles. The lowest BCUT2D eigenvalue weighted by molar-refractivity contribution is -0.122. The van der Waals surface area contributed by atoms with Crippen LogP contribution in [0.2, 0.25) is 0 Å². The standard InChI is InChI=1S/C27H27N5O6/c33-24-19(6-3-4-11-28-24)30-27(34)38-23-14-29-26(32-12-10-18-5-1-2-7-20(18)32)31-25(23)35-15-17-8-9-21-22(13-17)37-16-36-21/h1-2,5,7-9,13-14,19H,3-4,6,10-12,15-16H2,(H,28,33)(H,30,34). The lowest BCUT2D eigenvalue weighted by Gasteiger charge is -2.19. The van der Waals surface area contributed by atoms with E-state index in [1.807, 2.05) is 41.3 Å². The molecule has 3 aliphatic rings. The van der Waals surface area contributed by atoms with Crippen LogP contribution < -0.4 is 34.5 Å². The van der Waals surface area contributed by atoms with Gasteiger partial charge in [0.1, 0.15) is 12.6 Å². The summed E-state index contributed by atoms with van der Waals surface area (Å²) in [5, 5.41) is 5.44. The van der Waals surface area contributed by atoms with Crippen molar-refractivity contribution in [1.82, 2.24) is 20.6 Å². The molecule has 11 heteroatoms. The summed E-state index contributed by atoms with van der Waals surface area (Å²) in [6, 6.07) is 12.9. The molecule has 1 aromatic heterocycles. The molecule has 4 heterocycles. The molecule has 3 aliphatic heterocycles. The molecule has 1 atom stereocenters. The molecule has 0 spiro atoms. The number of anilines is 2. The van der Waals surface area contributed by atoms with Crippen LogP contribution in [0.15, 0.2) is 48.7 Å². The molecule has 1 unspecified atom stereocenters. The van der Waals surface area contributed by atoms with E-state index in [2.05, 4.69) is 26.7 Å². The quantitative estimate of drug-likeness (QED) is 0.507. The van der Waals surface area contributed by atoms with Crippen molar-refractivity contribution in [3.05, 3.63) is 59.8 Å². The minimum absolute atomic E-state index is 0.0495. The maximum absolute atomic E-state index is 12.7. The second kappa shape index (κ2) is 10.4. The van der Waals surface area contributed by atoms with Crippen LogP contribution in [0, 0.1) is 0 Å². The van der Waals surface area contributed by atoms with Gasteiger partial charge in [-0.25, -0.2) is 9.78 Å². The zero-order chi connectivity index (χ0) is 25.9. The lowest BCUT2D eigenvalue weighted by atomic mass is 10.1. The van der Waals surface area contributed by atoms with E-state index in [4.69, 9.17) is 18.9 Å². The average molecular weight is 518 g/mol. The second-order valence-corrected chi connectivity index (χ2v) is 9.22. The summed E-state index contributed by atoms with van der Waals surface area (Å²) < 4.78 is 22.4. The number of para-hydroxylation sites is 1. The van der Waals surface area contributed by atoms with Gasteiger partial charge in [0.2, 0.25) is 24.4 Å². The van der Waals surface area contributed by atoms with Crippen LogP contribution >= 0.6 is 0 Å². The molecule has 0 saturated carbocycles. The fourth-order valence-electron chi connectivity index (χ4n) is 4.73. The van der Waals surface area contributed by atoms with Gasteiger partial charge in [-0.3, -0.25) is 4.79 Å². The van der Waals surface area contributed by atoms with E-state index in [-0.39, 0.29) is 30.9 Å². The number of carbonyl (C=O) groups excluding carboxylic acids is 2. The number of fused-ring (bicyclic) bond motifs is 2. The van der Waals surface area contributed by atoms with Crippen molar-refractivity contribution in [3.63, 3.8) is 0 Å². The zero-order valence-corrected chi connectivity index (χ0v) is 20.6. The van der Waals surface area contributed by atoms with Crippen molar-refractivity contribution >= 4 is 23.6 Å². The van der Waals surface area contributed by atoms with Crippen LogP contribution in [0.5, 0.6) is 23.1 Å². The zero-order valence-electron chi connectivity index (χ0n) is 20.6. The lowest BCUT2D eigenvalue weighted by Crippen LogP contribution is -2.46. The SMILES string of the molecule is O=C(NC1CCCCNC1=O)Oc1cnc(N2CCc3ccccc32)nc1OCc1ccc2c(c1)OCO2. The third-order valence-electron chi connectivity index (χ3n) is 6.68. The summed E-state index contributed by atoms with van der Waals surface area (Å²) in [6.45, 7) is 1.64. The van der Waals surface area contributed by atoms with Gasteiger partial charge in [0.25, 0.3) is 5.88 Å². The summed E-state index contributed by atoms with van der Waals surface area (Å²) in [6.07, 6.45) is 3.75. The number of nitrogens with zero attached hydrogens (tertiary/aromatic N) is 3. The molecule has 6 rings (SSSR count). The molecular weight excluding hydrogens is 490 g/mol. The van der Waals surface area contributed by atoms with Crippen molar-refractivity contribution in [3.8, 4) is 23.1 Å². The summed E-state index contributed by atoms with van der Waals surface area (Å²) >= 11 is 0. The van der Waals surface area contributed by atoms with Gasteiger partial charge in [-0.05, 0) is 55.0 Å². The molecule has 2 N–H and O–H groups in total. The molecule has 2 amide bonds. The fourth-order valence-corrected chi connectivity index (χ4v) is 4.73. The Kier molecular flexibility index (Phi) is 6.55. The Morgan fingerprint density at radius 2 is 2.05 bits per heavy atom. The fraction of sp³-hybridized carbons (Fsp3) is 0.333. The normalized spacial score (nSPS) is 17.8. The van der Waals surface area contributed by atoms with E-state index in [9.17, 15) is 9.59 Å². The predicted molar refractivity (Wildman–Crippen MR) is 136 cm³/mol. The van der Waals surface area contributed by atoms with Crippen LogP contribution in [0.4, 0.5) is 16.4 Å². The summed E-state index contributed by atoms with van der Waals surface area (Å²) in [5.41, 5.74) is 3.06. The van der Waals surface area contributed by atoms with E-state index in [1.54, 1.807) is 0 Å². The van der Waals surface area contributed by atoms with Crippen LogP contribution in [-0.2, 0) is 17.8 Å². The van der Waals surface area contributed by atoms with Gasteiger partial charge in [-0.2, -0.15) is 4.98 Å². The highest BCUT2D eigenvalue weighted by Gasteiger charge is 2.26. The largest absolute Gasteiger partial charge is 0.470 e. The van der Waals surface area contributed by atoms with E-state index in [0.29, 0.717) is 30.4 Å². The number of ether oxygens (including phenoxy) is 4. The Morgan fingerprint density at radius 1 is 1.16 bits per heavy atom. The third-order valence-corrected chi connectivity index (χ3v) is 6.68. The number of carbonyl (C=O) groups is 2. The van der Waals surface area contributed by atoms with Crippen molar-refractivity contribution in [1.29, 1.82) is 0 Å². The first-order chi connectivity index (χ1) is 18.6. The molecule has 1 saturated heterocycles. The Labute approximate surface area is 219 Å². The average Bonchev–Trinajstić information content (AvgIpc) is 3.53. The smallest absolute Gasteiger partial charge is 0.413 e. The molecule has 3 aromatic rings. The van der Waals surface area contributed by atoms with Crippen LogP contribution in [0.1, 0.15) is 30.4 Å². The topological polar surface area (TPSA) is 124 Å². The Bertz CT molecular complexity index is 1370. The van der Waals surface area contributed by atoms with Crippen molar-refractivity contribution < 1.29 is 28.5 Å². The number of aromatic nitrogens is 2. The van der Waals surface area contributed by atoms with Gasteiger partial charge in [0, 0.05) is 18.8 Å². The van der Waals surface area contributed by atoms with Gasteiger partial charge in [0.15, 0.2) is 11.5 Å². The number of nitrogens with one attached hydrogen (secondary N) is 2. The van der Waals surface area contributed by atoms with E-state index in [1.165, 1.54) is 11.8 Å². The first-order valence-electron chi connectivity index (χ1n) is 12.6. The van der Waals surface area contributed by atoms with E-state index in [0.717, 1.165) is 37.1 Å². The monoisotopic (exact) mass is 517 g/mol. The number of benzene rings is 2. The molecule has 196 valence electrons. The van der Waals surface area contributed by atoms with Gasteiger partial charge < -0.3 is 34.5 Å². The van der Waals surface area contributed by atoms with Gasteiger partial charge in [-0.15, -0.1) is 0 Å². The number of hydrogen-bond acceptors (Lipinski definition) is 9. The van der Waals surface area contributed by atoms with E-state index < -0.39 is 12.1 Å². The van der Waals surface area contributed by atoms with Crippen molar-refractivity contribution in [2.24, 2.45) is 0 Å². The number of rotatable bonds is 6. The van der Waals surface area contributed by atoms with Crippen molar-refractivity contribution in [2.75, 3.05) is 24.8 Å². The number of amides is 2. The highest BCUT2D eigenvalue weighted by molar-refractivity contribution is 5.86. The first-order valence-corrected chi connectivity index (χ1v) is 12.6. The summed E-state index contributed by atoms with van der Waals surface area (Å²) in [5.74, 6) is 1.69. The van der Waals surface area contributed by atoms with Crippen LogP contribution in [0.25, 0.3) is 0 Å². The minimum atomic E-state index is -0.775. The second-order valence-electron chi connectivity index (χ2n) is 9.22. The van der Waals surface area contributed by atoms with Gasteiger partial charge in [-0.1, -0.05) is 24.3 Å². The van der Waals surface area contributed by atoms with Crippen LogP contribution in [-0.4, -0.2) is 47.9 Å². The van der Waals surface area contributed by atoms with Gasteiger partial charge in [0.05, 0.1) is 6.20 Å². The molecule has 0 bridgehead atoms. The summed E-state index contributed by atoms with van der Waals surface area (Å²) in [7, 11) is 0. The molecule has 0 radical (unpaired) electrons. The third kappa shape index (κ3) is 4.99. The highest BCUT2D eigenvalue weighted by Crippen LogP contribution is 2.36.